The number of hydrogen-bond donors (Lipinski definition) is 2. The number of carbonyl (C=O) groups is 1. The number of aromatic nitrogens is 3. The summed E-state index contributed by atoms with van der Waals surface area (Å²) < 4.78 is 47.3. The molecule has 2 atom stereocenters. The maximum absolute atomic E-state index is 13.8. The fourth-order valence-corrected chi connectivity index (χ4v) is 4.11. The van der Waals surface area contributed by atoms with E-state index in [4.69, 9.17) is 10.5 Å². The number of nitrogens with zero attached hydrogens (tertiary/aromatic N) is 3. The zero-order valence-corrected chi connectivity index (χ0v) is 16.5. The largest absolute Gasteiger partial charge is 0.481 e. The molecular weight excluding hydrogens is 399 g/mol. The van der Waals surface area contributed by atoms with Crippen molar-refractivity contribution >= 4 is 11.6 Å². The molecule has 4 rings (SSSR count). The van der Waals surface area contributed by atoms with Crippen LogP contribution in [0.3, 0.4) is 0 Å². The van der Waals surface area contributed by atoms with Gasteiger partial charge in [-0.1, -0.05) is 0 Å². The summed E-state index contributed by atoms with van der Waals surface area (Å²) in [7, 11) is 1.26. The van der Waals surface area contributed by atoms with Gasteiger partial charge in [0.05, 0.1) is 31.2 Å². The Morgan fingerprint density at radius 2 is 1.93 bits per heavy atom. The summed E-state index contributed by atoms with van der Waals surface area (Å²) in [5.41, 5.74) is 6.33. The lowest BCUT2D eigenvalue weighted by atomic mass is 9.89. The molecule has 2 heterocycles. The van der Waals surface area contributed by atoms with E-state index in [2.05, 4.69) is 15.4 Å². The molecule has 2 aliphatic rings. The average molecular weight is 423 g/mol. The molecular formula is C20H24F3N5O2. The summed E-state index contributed by atoms with van der Waals surface area (Å²) in [6.07, 6.45) is 4.90. The molecule has 2 saturated carbocycles. The quantitative estimate of drug-likeness (QED) is 0.647. The Balaban J connectivity index is 1.52. The number of alkyl halides is 2. The zero-order chi connectivity index (χ0) is 21.4. The monoisotopic (exact) mass is 423 g/mol. The third-order valence-corrected chi connectivity index (χ3v) is 5.80. The predicted molar refractivity (Wildman–Crippen MR) is 103 cm³/mol. The first-order valence-corrected chi connectivity index (χ1v) is 9.97. The number of nitrogens with one attached hydrogen (secondary N) is 1. The van der Waals surface area contributed by atoms with Crippen molar-refractivity contribution in [3.05, 3.63) is 36.0 Å². The van der Waals surface area contributed by atoms with Crippen LogP contribution in [0.25, 0.3) is 0 Å². The van der Waals surface area contributed by atoms with Crippen LogP contribution in [0.2, 0.25) is 0 Å². The van der Waals surface area contributed by atoms with E-state index >= 15 is 0 Å². The number of halogens is 3. The highest BCUT2D eigenvalue weighted by Gasteiger charge is 2.46. The van der Waals surface area contributed by atoms with Gasteiger partial charge in [0.15, 0.2) is 0 Å². The summed E-state index contributed by atoms with van der Waals surface area (Å²) in [4.78, 5) is 16.4. The Morgan fingerprint density at radius 1 is 1.27 bits per heavy atom. The third-order valence-electron chi connectivity index (χ3n) is 5.80. The molecule has 0 aromatic carbocycles. The maximum Gasteiger partial charge on any atom is 0.264 e. The molecule has 2 aliphatic carbocycles. The highest BCUT2D eigenvalue weighted by atomic mass is 19.3. The molecule has 7 nitrogen and oxygen atoms in total. The first-order chi connectivity index (χ1) is 14.4. The van der Waals surface area contributed by atoms with Crippen molar-refractivity contribution in [2.45, 2.75) is 44.2 Å². The van der Waals surface area contributed by atoms with E-state index in [1.54, 1.807) is 0 Å². The second-order valence-electron chi connectivity index (χ2n) is 8.01. The molecule has 10 heteroatoms. The van der Waals surface area contributed by atoms with Gasteiger partial charge in [-0.25, -0.2) is 18.2 Å². The van der Waals surface area contributed by atoms with Crippen LogP contribution >= 0.6 is 0 Å². The number of hydrogen-bond acceptors (Lipinski definition) is 5. The van der Waals surface area contributed by atoms with Gasteiger partial charge in [0.2, 0.25) is 11.8 Å². The second-order valence-corrected chi connectivity index (χ2v) is 8.01. The average Bonchev–Trinajstić information content (AvgIpc) is 3.64. The molecule has 0 saturated heterocycles. The molecule has 3 N–H and O–H groups in total. The smallest absolute Gasteiger partial charge is 0.264 e. The van der Waals surface area contributed by atoms with Gasteiger partial charge in [-0.05, 0) is 49.5 Å². The minimum Gasteiger partial charge on any atom is -0.481 e. The van der Waals surface area contributed by atoms with Crippen molar-refractivity contribution in [2.24, 2.45) is 23.5 Å². The minimum absolute atomic E-state index is 0.124. The number of pyridine rings is 1. The van der Waals surface area contributed by atoms with Gasteiger partial charge >= 0.3 is 0 Å². The van der Waals surface area contributed by atoms with E-state index in [1.165, 1.54) is 19.5 Å². The van der Waals surface area contributed by atoms with Crippen LogP contribution in [0.1, 0.15) is 37.3 Å². The summed E-state index contributed by atoms with van der Waals surface area (Å²) in [5, 5.41) is 6.63. The Kier molecular flexibility index (Phi) is 5.68. The number of nitrogens with two attached hydrogens (primary N) is 1. The predicted octanol–water partition coefficient (Wildman–Crippen LogP) is 2.98. The number of rotatable bonds is 9. The number of ether oxygens (including phenoxy) is 1. The van der Waals surface area contributed by atoms with Gasteiger partial charge in [0, 0.05) is 11.8 Å². The van der Waals surface area contributed by atoms with Gasteiger partial charge in [-0.15, -0.1) is 0 Å². The van der Waals surface area contributed by atoms with Crippen LogP contribution in [0.5, 0.6) is 5.88 Å². The normalized spacial score (nSPS) is 18.5. The number of methoxy groups -OCH3 is 1. The lowest BCUT2D eigenvalue weighted by Gasteiger charge is -2.22. The summed E-state index contributed by atoms with van der Waals surface area (Å²) in [6, 6.07) is -1.34. The second kappa shape index (κ2) is 8.25. The van der Waals surface area contributed by atoms with E-state index in [0.717, 1.165) is 42.6 Å². The molecule has 0 bridgehead atoms. The van der Waals surface area contributed by atoms with Crippen molar-refractivity contribution < 1.29 is 22.7 Å². The highest BCUT2D eigenvalue weighted by Crippen LogP contribution is 2.50. The molecule has 0 spiro atoms. The SMILES string of the molecule is COc1ncc(F)cc1C(C(F)F)n1cc(NC(=O)C(N)C(C2CC2)C2CC2)cn1. The van der Waals surface area contributed by atoms with Crippen molar-refractivity contribution in [3.8, 4) is 5.88 Å². The van der Waals surface area contributed by atoms with Gasteiger partial charge in [0.1, 0.15) is 11.9 Å². The molecule has 2 fully saturated rings. The van der Waals surface area contributed by atoms with Gasteiger partial charge in [0.25, 0.3) is 6.43 Å². The molecule has 0 aliphatic heterocycles. The van der Waals surface area contributed by atoms with E-state index in [0.29, 0.717) is 11.8 Å². The van der Waals surface area contributed by atoms with Crippen LogP contribution in [0, 0.1) is 23.6 Å². The third kappa shape index (κ3) is 4.28. The maximum atomic E-state index is 13.8. The lowest BCUT2D eigenvalue weighted by molar-refractivity contribution is -0.118. The van der Waals surface area contributed by atoms with Gasteiger partial charge in [-0.2, -0.15) is 5.10 Å². The molecule has 1 amide bonds. The standard InChI is InChI=1S/C20H24F3N5O2/c1-30-20-14(6-12(21)7-25-20)17(18(22)23)28-9-13(8-26-28)27-19(29)16(24)15(10-2-3-10)11-4-5-11/h6-11,15-18H,2-5,24H2,1H3,(H,27,29). The van der Waals surface area contributed by atoms with Crippen molar-refractivity contribution in [1.82, 2.24) is 14.8 Å². The van der Waals surface area contributed by atoms with E-state index in [-0.39, 0.29) is 29.0 Å². The van der Waals surface area contributed by atoms with Crippen molar-refractivity contribution in [3.63, 3.8) is 0 Å². The Hall–Kier alpha value is -2.62. The van der Waals surface area contributed by atoms with Crippen LogP contribution in [-0.4, -0.2) is 40.2 Å². The Morgan fingerprint density at radius 3 is 2.50 bits per heavy atom. The fourth-order valence-electron chi connectivity index (χ4n) is 4.11. The van der Waals surface area contributed by atoms with Crippen molar-refractivity contribution in [2.75, 3.05) is 12.4 Å². The van der Waals surface area contributed by atoms with Crippen LogP contribution in [-0.2, 0) is 4.79 Å². The highest BCUT2D eigenvalue weighted by molar-refractivity contribution is 5.94. The van der Waals surface area contributed by atoms with E-state index in [9.17, 15) is 18.0 Å². The molecule has 30 heavy (non-hydrogen) atoms. The first kappa shape index (κ1) is 20.6. The van der Waals surface area contributed by atoms with E-state index in [1.807, 2.05) is 0 Å². The molecule has 2 unspecified atom stereocenters. The van der Waals surface area contributed by atoms with E-state index < -0.39 is 24.3 Å². The zero-order valence-electron chi connectivity index (χ0n) is 16.5. The van der Waals surface area contributed by atoms with Crippen LogP contribution < -0.4 is 15.8 Å². The topological polar surface area (TPSA) is 95.1 Å². The number of anilines is 1. The Bertz CT molecular complexity index is 902. The molecule has 2 aromatic rings. The van der Waals surface area contributed by atoms with Crippen LogP contribution in [0.15, 0.2) is 24.7 Å². The molecule has 0 radical (unpaired) electrons. The minimum atomic E-state index is -2.91. The fraction of sp³-hybridized carbons (Fsp3) is 0.550. The number of carbonyl (C=O) groups excluding carboxylic acids is 1. The summed E-state index contributed by atoms with van der Waals surface area (Å²) >= 11 is 0. The summed E-state index contributed by atoms with van der Waals surface area (Å²) in [5.74, 6) is -0.0847. The summed E-state index contributed by atoms with van der Waals surface area (Å²) in [6.45, 7) is 0. The lowest BCUT2D eigenvalue weighted by Crippen LogP contribution is -2.43. The molecule has 162 valence electrons. The van der Waals surface area contributed by atoms with Crippen LogP contribution in [0.4, 0.5) is 18.9 Å². The number of amides is 1. The first-order valence-electron chi connectivity index (χ1n) is 9.97. The van der Waals surface area contributed by atoms with Gasteiger partial charge in [-0.3, -0.25) is 9.48 Å². The van der Waals surface area contributed by atoms with Crippen molar-refractivity contribution in [1.29, 1.82) is 0 Å². The van der Waals surface area contributed by atoms with Gasteiger partial charge < -0.3 is 15.8 Å². The molecule has 2 aromatic heterocycles. The Labute approximate surface area is 171 Å².